The first kappa shape index (κ1) is 27.9. The van der Waals surface area contributed by atoms with Crippen molar-refractivity contribution in [2.24, 2.45) is 0 Å². The summed E-state index contributed by atoms with van der Waals surface area (Å²) in [6.07, 6.45) is -5.13. The van der Waals surface area contributed by atoms with Crippen LogP contribution in [0.3, 0.4) is 0 Å². The van der Waals surface area contributed by atoms with E-state index in [-0.39, 0.29) is 17.2 Å². The molecule has 3 aromatic carbocycles. The van der Waals surface area contributed by atoms with Crippen molar-refractivity contribution in [2.75, 3.05) is 5.32 Å². The van der Waals surface area contributed by atoms with Crippen LogP contribution in [0.1, 0.15) is 24.5 Å². The van der Waals surface area contributed by atoms with Gasteiger partial charge in [-0.25, -0.2) is 0 Å². The maximum atomic E-state index is 13.2. The molecular formula is C28H23F6N2PS. The van der Waals surface area contributed by atoms with Crippen LogP contribution in [0.15, 0.2) is 102 Å². The van der Waals surface area contributed by atoms with E-state index in [0.717, 1.165) is 12.0 Å². The molecule has 198 valence electrons. The lowest BCUT2D eigenvalue weighted by Gasteiger charge is -2.25. The number of alkyl halides is 6. The molecule has 0 aromatic heterocycles. The first-order valence-corrected chi connectivity index (χ1v) is 13.4. The number of hydrogen-bond acceptors (Lipinski definition) is 1. The van der Waals surface area contributed by atoms with E-state index in [0.29, 0.717) is 12.1 Å². The molecule has 0 aliphatic heterocycles. The Balaban J connectivity index is 1.60. The summed E-state index contributed by atoms with van der Waals surface area (Å²) in [5, 5.41) is 8.99. The van der Waals surface area contributed by atoms with E-state index >= 15 is 0 Å². The summed E-state index contributed by atoms with van der Waals surface area (Å²) in [5.41, 5.74) is -2.24. The number of halogens is 6. The maximum absolute atomic E-state index is 13.2. The van der Waals surface area contributed by atoms with Crippen LogP contribution in [-0.2, 0) is 12.4 Å². The van der Waals surface area contributed by atoms with Crippen LogP contribution >= 0.6 is 20.1 Å². The molecule has 0 unspecified atom stereocenters. The predicted molar refractivity (Wildman–Crippen MR) is 145 cm³/mol. The smallest absolute Gasteiger partial charge is 0.356 e. The van der Waals surface area contributed by atoms with Crippen molar-refractivity contribution in [3.8, 4) is 0 Å². The number of rotatable bonds is 6. The van der Waals surface area contributed by atoms with E-state index in [1.807, 2.05) is 55.5 Å². The highest BCUT2D eigenvalue weighted by Gasteiger charge is 2.37. The van der Waals surface area contributed by atoms with Crippen LogP contribution in [0, 0.1) is 0 Å². The largest absolute Gasteiger partial charge is 0.416 e. The average Bonchev–Trinajstić information content (AvgIpc) is 3.34. The van der Waals surface area contributed by atoms with Crippen molar-refractivity contribution in [3.05, 3.63) is 113 Å². The number of anilines is 1. The van der Waals surface area contributed by atoms with Gasteiger partial charge in [0.1, 0.15) is 0 Å². The van der Waals surface area contributed by atoms with Gasteiger partial charge in [0.25, 0.3) is 0 Å². The van der Waals surface area contributed by atoms with Crippen LogP contribution < -0.4 is 21.2 Å². The third kappa shape index (κ3) is 6.63. The minimum Gasteiger partial charge on any atom is -0.356 e. The summed E-state index contributed by atoms with van der Waals surface area (Å²) in [4.78, 5) is 0. The van der Waals surface area contributed by atoms with Crippen LogP contribution in [0.5, 0.6) is 0 Å². The van der Waals surface area contributed by atoms with Crippen molar-refractivity contribution in [1.82, 2.24) is 5.32 Å². The van der Waals surface area contributed by atoms with Gasteiger partial charge in [0.15, 0.2) is 5.11 Å². The molecule has 2 nitrogen and oxygen atoms in total. The van der Waals surface area contributed by atoms with E-state index in [2.05, 4.69) is 34.9 Å². The number of thiocarbonyl (C=S) groups is 1. The molecule has 0 radical (unpaired) electrons. The third-order valence-electron chi connectivity index (χ3n) is 5.90. The molecule has 1 aliphatic rings. The van der Waals surface area contributed by atoms with E-state index in [1.165, 1.54) is 15.9 Å². The van der Waals surface area contributed by atoms with Crippen molar-refractivity contribution < 1.29 is 26.3 Å². The standard InChI is InChI=1S/C28H23F6N2PS/c1-18(35-26(38)36-21-16-19(27(29,30)31)15-20(17-21)28(32,33)34)24-13-8-14-25(24)37(22-9-4-2-5-10-22)23-11-6-3-7-12-23/h2-13,15-18H,14H2,1H3,(H2,35,36,38)/t18-/m0/s1. The van der Waals surface area contributed by atoms with E-state index in [1.54, 1.807) is 0 Å². The third-order valence-corrected chi connectivity index (χ3v) is 8.73. The monoisotopic (exact) mass is 564 g/mol. The molecule has 2 N–H and O–H groups in total. The van der Waals surface area contributed by atoms with Crippen LogP contribution in [0.2, 0.25) is 0 Å². The Bertz CT molecular complexity index is 1280. The summed E-state index contributed by atoms with van der Waals surface area (Å²) in [7, 11) is -0.868. The Hall–Kier alpha value is -3.16. The van der Waals surface area contributed by atoms with Gasteiger partial charge in [-0.3, -0.25) is 0 Å². The highest BCUT2D eigenvalue weighted by atomic mass is 32.1. The Morgan fingerprint density at radius 1 is 0.816 bits per heavy atom. The van der Waals surface area contributed by atoms with Crippen LogP contribution in [0.25, 0.3) is 0 Å². The number of hydrogen-bond donors (Lipinski definition) is 2. The van der Waals surface area contributed by atoms with E-state index in [4.69, 9.17) is 12.2 Å². The Labute approximate surface area is 223 Å². The molecule has 0 amide bonds. The minimum absolute atomic E-state index is 0.0825. The second-order valence-corrected chi connectivity index (χ2v) is 11.3. The van der Waals surface area contributed by atoms with Gasteiger partial charge in [-0.05, 0) is 73.2 Å². The number of nitrogens with one attached hydrogen (secondary N) is 2. The van der Waals surface area contributed by atoms with Crippen molar-refractivity contribution in [3.63, 3.8) is 0 Å². The molecule has 1 atom stereocenters. The molecule has 0 saturated carbocycles. The average molecular weight is 565 g/mol. The van der Waals surface area contributed by atoms with Crippen molar-refractivity contribution >= 4 is 41.5 Å². The van der Waals surface area contributed by atoms with E-state index in [9.17, 15) is 26.3 Å². The lowest BCUT2D eigenvalue weighted by molar-refractivity contribution is -0.143. The molecule has 4 rings (SSSR count). The molecule has 0 saturated heterocycles. The Morgan fingerprint density at radius 3 is 1.79 bits per heavy atom. The topological polar surface area (TPSA) is 24.1 Å². The summed E-state index contributed by atoms with van der Waals surface area (Å²) in [6.45, 7) is 1.86. The summed E-state index contributed by atoms with van der Waals surface area (Å²) < 4.78 is 79.4. The molecular weight excluding hydrogens is 541 g/mol. The van der Waals surface area contributed by atoms with Gasteiger partial charge in [0, 0.05) is 5.69 Å². The highest BCUT2D eigenvalue weighted by Crippen LogP contribution is 2.49. The van der Waals surface area contributed by atoms with Gasteiger partial charge >= 0.3 is 12.4 Å². The Kier molecular flexibility index (Phi) is 8.28. The van der Waals surface area contributed by atoms with Crippen LogP contribution in [-0.4, -0.2) is 11.2 Å². The molecule has 0 heterocycles. The molecule has 10 heteroatoms. The van der Waals surface area contributed by atoms with Gasteiger partial charge in [-0.15, -0.1) is 0 Å². The summed E-state index contributed by atoms with van der Waals surface area (Å²) >= 11 is 5.29. The first-order valence-electron chi connectivity index (χ1n) is 11.6. The quantitative estimate of drug-likeness (QED) is 0.182. The zero-order chi connectivity index (χ0) is 27.5. The minimum atomic E-state index is -4.94. The van der Waals surface area contributed by atoms with Crippen molar-refractivity contribution in [1.29, 1.82) is 0 Å². The highest BCUT2D eigenvalue weighted by molar-refractivity contribution is 7.80. The Morgan fingerprint density at radius 2 is 1.32 bits per heavy atom. The second-order valence-electron chi connectivity index (χ2n) is 8.63. The van der Waals surface area contributed by atoms with Gasteiger partial charge in [-0.2, -0.15) is 26.3 Å². The van der Waals surface area contributed by atoms with Crippen molar-refractivity contribution in [2.45, 2.75) is 31.7 Å². The first-order chi connectivity index (χ1) is 17.9. The fourth-order valence-corrected chi connectivity index (χ4v) is 7.18. The van der Waals surface area contributed by atoms with Crippen LogP contribution in [0.4, 0.5) is 32.0 Å². The normalized spacial score (nSPS) is 14.6. The number of allylic oxidation sites excluding steroid dienone is 2. The zero-order valence-electron chi connectivity index (χ0n) is 20.1. The van der Waals surface area contributed by atoms with Gasteiger partial charge in [0.05, 0.1) is 17.2 Å². The SMILES string of the molecule is C[C@H](NC(=S)Nc1cc(C(F)(F)F)cc(C(F)(F)F)c1)C1=C(P(c2ccccc2)c2ccccc2)CC=C1. The lowest BCUT2D eigenvalue weighted by Crippen LogP contribution is -2.37. The predicted octanol–water partition coefficient (Wildman–Crippen LogP) is 7.75. The molecule has 0 bridgehead atoms. The molecule has 38 heavy (non-hydrogen) atoms. The molecule has 0 fully saturated rings. The van der Waals surface area contributed by atoms with E-state index < -0.39 is 37.1 Å². The number of benzene rings is 3. The molecule has 0 spiro atoms. The maximum Gasteiger partial charge on any atom is 0.416 e. The fraction of sp³-hybridized carbons (Fsp3) is 0.179. The summed E-state index contributed by atoms with van der Waals surface area (Å²) in [6, 6.07) is 21.1. The molecule has 3 aromatic rings. The second kappa shape index (κ2) is 11.3. The molecule has 1 aliphatic carbocycles. The fourth-order valence-electron chi connectivity index (χ4n) is 4.21. The zero-order valence-corrected chi connectivity index (χ0v) is 21.8. The van der Waals surface area contributed by atoms with Gasteiger partial charge < -0.3 is 10.6 Å². The lowest BCUT2D eigenvalue weighted by atomic mass is 10.1. The van der Waals surface area contributed by atoms with Gasteiger partial charge in [0.2, 0.25) is 0 Å². The van der Waals surface area contributed by atoms with Gasteiger partial charge in [-0.1, -0.05) is 72.8 Å². The summed E-state index contributed by atoms with van der Waals surface area (Å²) in [5.74, 6) is 0.